The van der Waals surface area contributed by atoms with Gasteiger partial charge in [0.1, 0.15) is 12.6 Å². The number of benzene rings is 2. The molecule has 1 unspecified atom stereocenters. The third kappa shape index (κ3) is 4.53. The van der Waals surface area contributed by atoms with Gasteiger partial charge in [-0.15, -0.1) is 0 Å². The monoisotopic (exact) mass is 438 g/mol. The average Bonchev–Trinajstić information content (AvgIpc) is 3.41. The van der Waals surface area contributed by atoms with Crippen LogP contribution in [-0.4, -0.2) is 45.3 Å². The molecule has 32 heavy (non-hydrogen) atoms. The lowest BCUT2D eigenvalue weighted by molar-refractivity contribution is -0.384. The van der Waals surface area contributed by atoms with Crippen LogP contribution in [0, 0.1) is 10.1 Å². The molecule has 1 aliphatic rings. The molecule has 0 aliphatic carbocycles. The molecule has 2 heterocycles. The zero-order valence-electron chi connectivity index (χ0n) is 17.2. The van der Waals surface area contributed by atoms with E-state index in [2.05, 4.69) is 5.32 Å². The molecule has 1 atom stereocenters. The molecule has 1 aromatic heterocycles. The van der Waals surface area contributed by atoms with Crippen LogP contribution < -0.4 is 11.1 Å². The molecule has 1 N–H and O–H groups in total. The molecular formula is C22H22N4O6. The first-order chi connectivity index (χ1) is 15.4. The molecule has 10 nitrogen and oxygen atoms in total. The number of nitro benzene ring substituents is 1. The summed E-state index contributed by atoms with van der Waals surface area (Å²) >= 11 is 0. The van der Waals surface area contributed by atoms with Crippen molar-refractivity contribution in [2.24, 2.45) is 0 Å². The summed E-state index contributed by atoms with van der Waals surface area (Å²) in [5, 5.41) is 13.7. The van der Waals surface area contributed by atoms with Crippen molar-refractivity contribution in [1.29, 1.82) is 0 Å². The number of oxazole rings is 1. The largest absolute Gasteiger partial charge is 0.420 e. The number of hydrogen-bond donors (Lipinski definition) is 1. The van der Waals surface area contributed by atoms with Gasteiger partial charge in [0.25, 0.3) is 5.69 Å². The minimum absolute atomic E-state index is 0.0194. The van der Waals surface area contributed by atoms with Crippen molar-refractivity contribution in [3.8, 4) is 0 Å². The van der Waals surface area contributed by atoms with Gasteiger partial charge in [0, 0.05) is 25.6 Å². The van der Waals surface area contributed by atoms with Crippen molar-refractivity contribution < 1.29 is 18.9 Å². The minimum atomic E-state index is -0.805. The summed E-state index contributed by atoms with van der Waals surface area (Å²) in [4.78, 5) is 50.2. The fourth-order valence-corrected chi connectivity index (χ4v) is 3.91. The Morgan fingerprint density at radius 3 is 2.53 bits per heavy atom. The highest BCUT2D eigenvalue weighted by Crippen LogP contribution is 2.20. The van der Waals surface area contributed by atoms with Crippen LogP contribution in [0.2, 0.25) is 0 Å². The van der Waals surface area contributed by atoms with E-state index in [0.717, 1.165) is 29.0 Å². The lowest BCUT2D eigenvalue weighted by atomic mass is 10.0. The number of nitrogens with one attached hydrogen (secondary N) is 1. The lowest BCUT2D eigenvalue weighted by Gasteiger charge is -2.24. The van der Waals surface area contributed by atoms with Crippen molar-refractivity contribution in [3.63, 3.8) is 0 Å². The first kappa shape index (κ1) is 21.3. The van der Waals surface area contributed by atoms with Gasteiger partial charge in [0.2, 0.25) is 11.8 Å². The van der Waals surface area contributed by atoms with Crippen LogP contribution in [0.5, 0.6) is 0 Å². The number of aromatic nitrogens is 1. The second-order valence-electron chi connectivity index (χ2n) is 7.71. The molecule has 1 fully saturated rings. The van der Waals surface area contributed by atoms with Gasteiger partial charge in [0.05, 0.1) is 16.5 Å². The Labute approximate surface area is 182 Å². The molecular weight excluding hydrogens is 416 g/mol. The van der Waals surface area contributed by atoms with Gasteiger partial charge in [-0.25, -0.2) is 4.79 Å². The number of likely N-dealkylation sites (tertiary alicyclic amines) is 1. The summed E-state index contributed by atoms with van der Waals surface area (Å²) in [6.07, 6.45) is 2.19. The van der Waals surface area contributed by atoms with Gasteiger partial charge < -0.3 is 14.6 Å². The minimum Gasteiger partial charge on any atom is -0.407 e. The second-order valence-corrected chi connectivity index (χ2v) is 7.71. The van der Waals surface area contributed by atoms with Crippen molar-refractivity contribution >= 4 is 28.6 Å². The van der Waals surface area contributed by atoms with Crippen LogP contribution in [0.15, 0.2) is 57.7 Å². The van der Waals surface area contributed by atoms with Gasteiger partial charge in [0.15, 0.2) is 5.58 Å². The predicted molar refractivity (Wildman–Crippen MR) is 115 cm³/mol. The Hall–Kier alpha value is -3.95. The molecule has 2 amide bonds. The van der Waals surface area contributed by atoms with Gasteiger partial charge in [-0.05, 0) is 24.5 Å². The lowest BCUT2D eigenvalue weighted by Crippen LogP contribution is -2.50. The van der Waals surface area contributed by atoms with Crippen LogP contribution in [0.1, 0.15) is 18.4 Å². The molecule has 3 aromatic rings. The number of carbonyl (C=O) groups is 2. The van der Waals surface area contributed by atoms with E-state index in [1.165, 1.54) is 12.1 Å². The van der Waals surface area contributed by atoms with Gasteiger partial charge in [-0.3, -0.25) is 24.3 Å². The molecule has 1 aliphatic heterocycles. The van der Waals surface area contributed by atoms with Gasteiger partial charge in [-0.1, -0.05) is 30.3 Å². The molecule has 0 bridgehead atoms. The maximum Gasteiger partial charge on any atom is 0.420 e. The van der Waals surface area contributed by atoms with Crippen molar-refractivity contribution in [1.82, 2.24) is 14.8 Å². The summed E-state index contributed by atoms with van der Waals surface area (Å²) in [7, 11) is 0. The number of amides is 2. The summed E-state index contributed by atoms with van der Waals surface area (Å²) in [6, 6.07) is 12.4. The standard InChI is InChI=1S/C22H22N4O6/c27-20(14-25-18-9-8-16(26(30)31)13-19(18)32-22(25)29)23-17(12-15-6-2-1-3-7-15)21(28)24-10-4-5-11-24/h1-3,6-9,13,17H,4-5,10-12,14H2,(H,23,27). The predicted octanol–water partition coefficient (Wildman–Crippen LogP) is 1.85. The number of nitro groups is 1. The number of rotatable bonds is 7. The Kier molecular flexibility index (Phi) is 6.02. The highest BCUT2D eigenvalue weighted by Gasteiger charge is 2.28. The Balaban J connectivity index is 1.54. The van der Waals surface area contributed by atoms with E-state index in [4.69, 9.17) is 4.42 Å². The summed E-state index contributed by atoms with van der Waals surface area (Å²) < 4.78 is 6.16. The Morgan fingerprint density at radius 2 is 1.84 bits per heavy atom. The average molecular weight is 438 g/mol. The normalized spacial score (nSPS) is 14.4. The topological polar surface area (TPSA) is 128 Å². The van der Waals surface area contributed by atoms with E-state index < -0.39 is 22.6 Å². The molecule has 4 rings (SSSR count). The molecule has 0 saturated carbocycles. The SMILES string of the molecule is O=C(Cn1c(=O)oc2cc([N+](=O)[O-])ccc21)NC(Cc1ccccc1)C(=O)N1CCCC1. The zero-order chi connectivity index (χ0) is 22.7. The van der Waals surface area contributed by atoms with Gasteiger partial charge in [-0.2, -0.15) is 0 Å². The van der Waals surface area contributed by atoms with Crippen molar-refractivity contribution in [2.45, 2.75) is 31.8 Å². The highest BCUT2D eigenvalue weighted by molar-refractivity contribution is 5.88. The van der Waals surface area contributed by atoms with E-state index in [1.807, 2.05) is 30.3 Å². The van der Waals surface area contributed by atoms with Crippen LogP contribution >= 0.6 is 0 Å². The molecule has 1 saturated heterocycles. The van der Waals surface area contributed by atoms with Crippen LogP contribution in [0.4, 0.5) is 5.69 Å². The van der Waals surface area contributed by atoms with Crippen LogP contribution in [0.3, 0.4) is 0 Å². The zero-order valence-corrected chi connectivity index (χ0v) is 17.2. The number of carbonyl (C=O) groups excluding carboxylic acids is 2. The summed E-state index contributed by atoms with van der Waals surface area (Å²) in [6.45, 7) is 0.942. The fourth-order valence-electron chi connectivity index (χ4n) is 3.91. The highest BCUT2D eigenvalue weighted by atomic mass is 16.6. The van der Waals surface area contributed by atoms with Crippen LogP contribution in [0.25, 0.3) is 11.1 Å². The number of nitrogens with zero attached hydrogens (tertiary/aromatic N) is 3. The molecule has 2 aromatic carbocycles. The number of non-ortho nitro benzene ring substituents is 1. The molecule has 0 radical (unpaired) electrons. The van der Waals surface area contributed by atoms with Gasteiger partial charge >= 0.3 is 5.76 Å². The molecule has 0 spiro atoms. The fraction of sp³-hybridized carbons (Fsp3) is 0.318. The Bertz CT molecular complexity index is 1210. The maximum atomic E-state index is 13.0. The smallest absolute Gasteiger partial charge is 0.407 e. The molecule has 10 heteroatoms. The Morgan fingerprint density at radius 1 is 1.12 bits per heavy atom. The number of fused-ring (bicyclic) bond motifs is 1. The first-order valence-electron chi connectivity index (χ1n) is 10.3. The van der Waals surface area contributed by atoms with Crippen molar-refractivity contribution in [2.75, 3.05) is 13.1 Å². The van der Waals surface area contributed by atoms with E-state index in [9.17, 15) is 24.5 Å². The maximum absolute atomic E-state index is 13.0. The summed E-state index contributed by atoms with van der Waals surface area (Å²) in [5.74, 6) is -1.48. The molecule has 166 valence electrons. The summed E-state index contributed by atoms with van der Waals surface area (Å²) in [5.41, 5.74) is 0.970. The third-order valence-corrected chi connectivity index (χ3v) is 5.50. The van der Waals surface area contributed by atoms with E-state index in [0.29, 0.717) is 19.5 Å². The van der Waals surface area contributed by atoms with E-state index in [-0.39, 0.29) is 29.2 Å². The number of hydrogen-bond acceptors (Lipinski definition) is 6. The quantitative estimate of drug-likeness (QED) is 0.443. The third-order valence-electron chi connectivity index (χ3n) is 5.50. The van der Waals surface area contributed by atoms with E-state index in [1.54, 1.807) is 4.90 Å². The second kappa shape index (κ2) is 9.04. The van der Waals surface area contributed by atoms with Crippen LogP contribution in [-0.2, 0) is 22.6 Å². The van der Waals surface area contributed by atoms with E-state index >= 15 is 0 Å². The first-order valence-corrected chi connectivity index (χ1v) is 10.3. The van der Waals surface area contributed by atoms with Crippen molar-refractivity contribution in [3.05, 3.63) is 74.8 Å².